The number of hydrogen-bond acceptors (Lipinski definition) is 6. The third-order valence-corrected chi connectivity index (χ3v) is 6.38. The summed E-state index contributed by atoms with van der Waals surface area (Å²) in [5.74, 6) is -0.688. The van der Waals surface area contributed by atoms with Crippen molar-refractivity contribution in [2.45, 2.75) is 25.9 Å². The molecule has 3 aromatic heterocycles. The van der Waals surface area contributed by atoms with E-state index in [1.54, 1.807) is 33.2 Å². The molecule has 1 aliphatic heterocycles. The van der Waals surface area contributed by atoms with Crippen molar-refractivity contribution in [3.8, 4) is 0 Å². The fraction of sp³-hybridized carbons (Fsp3) is 0.217. The maximum Gasteiger partial charge on any atom is 0.329 e. The number of aromatic nitrogens is 3. The minimum absolute atomic E-state index is 0.258. The van der Waals surface area contributed by atoms with Crippen LogP contribution in [0.2, 0.25) is 0 Å². The van der Waals surface area contributed by atoms with Crippen LogP contribution in [0.5, 0.6) is 0 Å². The highest BCUT2D eigenvalue weighted by molar-refractivity contribution is 7.09. The largest absolute Gasteiger partial charge is 0.467 e. The Morgan fingerprint density at radius 3 is 2.84 bits per heavy atom. The summed E-state index contributed by atoms with van der Waals surface area (Å²) in [6, 6.07) is 12.7. The van der Waals surface area contributed by atoms with Gasteiger partial charge in [-0.15, -0.1) is 11.3 Å². The number of methoxy groups -OCH3 is 1. The van der Waals surface area contributed by atoms with Crippen LogP contribution in [0.4, 0.5) is 5.69 Å². The zero-order chi connectivity index (χ0) is 21.5. The van der Waals surface area contributed by atoms with Gasteiger partial charge in [0.05, 0.1) is 30.8 Å². The highest BCUT2D eigenvalue weighted by atomic mass is 32.1. The number of benzene rings is 1. The summed E-state index contributed by atoms with van der Waals surface area (Å²) in [4.78, 5) is 33.6. The average molecular weight is 433 g/mol. The number of carbonyl (C=O) groups excluding carboxylic acids is 2. The smallest absolute Gasteiger partial charge is 0.329 e. The topological polar surface area (TPSA) is 77.3 Å². The molecule has 156 valence electrons. The number of carbonyl (C=O) groups is 2. The van der Waals surface area contributed by atoms with E-state index in [0.29, 0.717) is 35.3 Å². The second-order valence-corrected chi connectivity index (χ2v) is 8.51. The van der Waals surface area contributed by atoms with Gasteiger partial charge >= 0.3 is 5.97 Å². The van der Waals surface area contributed by atoms with Crippen molar-refractivity contribution in [1.29, 1.82) is 0 Å². The summed E-state index contributed by atoms with van der Waals surface area (Å²) < 4.78 is 6.80. The van der Waals surface area contributed by atoms with Crippen LogP contribution in [0.1, 0.15) is 26.5 Å². The van der Waals surface area contributed by atoms with Gasteiger partial charge in [0, 0.05) is 22.7 Å². The molecule has 7 nitrogen and oxygen atoms in total. The van der Waals surface area contributed by atoms with E-state index in [9.17, 15) is 9.59 Å². The van der Waals surface area contributed by atoms with E-state index in [1.165, 1.54) is 7.11 Å². The first-order valence-electron chi connectivity index (χ1n) is 9.91. The van der Waals surface area contributed by atoms with Gasteiger partial charge in [-0.05, 0) is 36.1 Å². The summed E-state index contributed by atoms with van der Waals surface area (Å²) in [5.41, 5.74) is 3.52. The van der Waals surface area contributed by atoms with Crippen molar-refractivity contribution in [2.75, 3.05) is 12.0 Å². The van der Waals surface area contributed by atoms with Crippen LogP contribution in [0.25, 0.3) is 11.0 Å². The normalized spacial score (nSPS) is 15.3. The molecule has 0 spiro atoms. The molecule has 31 heavy (non-hydrogen) atoms. The van der Waals surface area contributed by atoms with E-state index in [2.05, 4.69) is 10.1 Å². The van der Waals surface area contributed by atoms with Gasteiger partial charge < -0.3 is 4.74 Å². The van der Waals surface area contributed by atoms with Crippen molar-refractivity contribution < 1.29 is 14.3 Å². The van der Waals surface area contributed by atoms with E-state index in [1.807, 2.05) is 48.7 Å². The molecular formula is C23H20N4O3S. The SMILES string of the molecule is COC(=O)C1Cc2ccccc2N1C(=O)c1cc(C)nc2c1cnn2Cc1cccs1. The van der Waals surface area contributed by atoms with Crippen molar-refractivity contribution in [3.63, 3.8) is 0 Å². The van der Waals surface area contributed by atoms with E-state index in [-0.39, 0.29) is 5.91 Å². The molecule has 0 bridgehead atoms. The number of rotatable bonds is 4. The lowest BCUT2D eigenvalue weighted by Crippen LogP contribution is -2.43. The number of hydrogen-bond donors (Lipinski definition) is 0. The Morgan fingerprint density at radius 1 is 1.23 bits per heavy atom. The first kappa shape index (κ1) is 19.4. The minimum Gasteiger partial charge on any atom is -0.467 e. The highest BCUT2D eigenvalue weighted by Gasteiger charge is 2.40. The molecule has 1 unspecified atom stereocenters. The van der Waals surface area contributed by atoms with Gasteiger partial charge in [-0.2, -0.15) is 5.10 Å². The van der Waals surface area contributed by atoms with Crippen LogP contribution in [-0.2, 0) is 22.5 Å². The molecule has 5 rings (SSSR count). The maximum atomic E-state index is 13.8. The summed E-state index contributed by atoms with van der Waals surface area (Å²) in [6.07, 6.45) is 2.11. The molecule has 4 heterocycles. The summed E-state index contributed by atoms with van der Waals surface area (Å²) >= 11 is 1.65. The standard InChI is InChI=1S/C23H20N4O3S/c1-14-10-17(18-12-24-26(21(18)25-14)13-16-7-5-9-31-16)22(28)27-19-8-4-3-6-15(19)11-20(27)23(29)30-2/h3-10,12,20H,11,13H2,1-2H3. The van der Waals surface area contributed by atoms with Crippen LogP contribution >= 0.6 is 11.3 Å². The molecule has 0 fully saturated rings. The van der Waals surface area contributed by atoms with Crippen LogP contribution < -0.4 is 4.90 Å². The molecule has 0 saturated heterocycles. The summed E-state index contributed by atoms with van der Waals surface area (Å²) in [6.45, 7) is 2.44. The number of thiophene rings is 1. The molecule has 1 atom stereocenters. The Balaban J connectivity index is 1.60. The van der Waals surface area contributed by atoms with Crippen molar-refractivity contribution in [3.05, 3.63) is 75.7 Å². The van der Waals surface area contributed by atoms with Gasteiger partial charge in [0.1, 0.15) is 6.04 Å². The average Bonchev–Trinajstić information content (AvgIpc) is 3.51. The summed E-state index contributed by atoms with van der Waals surface area (Å²) in [7, 11) is 1.34. The van der Waals surface area contributed by atoms with Crippen molar-refractivity contribution in [2.24, 2.45) is 0 Å². The quantitative estimate of drug-likeness (QED) is 0.461. The number of amides is 1. The van der Waals surface area contributed by atoms with Gasteiger partial charge in [0.15, 0.2) is 5.65 Å². The van der Waals surface area contributed by atoms with Gasteiger partial charge in [-0.1, -0.05) is 24.3 Å². The third-order valence-electron chi connectivity index (χ3n) is 5.52. The second-order valence-electron chi connectivity index (χ2n) is 7.48. The molecule has 0 saturated carbocycles. The molecule has 0 N–H and O–H groups in total. The van der Waals surface area contributed by atoms with Crippen LogP contribution in [-0.4, -0.2) is 39.8 Å². The fourth-order valence-electron chi connectivity index (χ4n) is 4.11. The predicted octanol–water partition coefficient (Wildman–Crippen LogP) is 3.59. The van der Waals surface area contributed by atoms with Gasteiger partial charge in [0.2, 0.25) is 0 Å². The molecule has 1 aliphatic rings. The zero-order valence-corrected chi connectivity index (χ0v) is 17.9. The van der Waals surface area contributed by atoms with E-state index < -0.39 is 12.0 Å². The Bertz CT molecular complexity index is 1300. The molecule has 8 heteroatoms. The van der Waals surface area contributed by atoms with Gasteiger partial charge in [0.25, 0.3) is 5.91 Å². The van der Waals surface area contributed by atoms with Crippen LogP contribution in [0.3, 0.4) is 0 Å². The van der Waals surface area contributed by atoms with E-state index in [0.717, 1.165) is 16.1 Å². The predicted molar refractivity (Wildman–Crippen MR) is 118 cm³/mol. The number of pyridine rings is 1. The second kappa shape index (κ2) is 7.63. The lowest BCUT2D eigenvalue weighted by atomic mass is 10.1. The van der Waals surface area contributed by atoms with E-state index >= 15 is 0 Å². The first-order valence-corrected chi connectivity index (χ1v) is 10.8. The molecular weight excluding hydrogens is 412 g/mol. The number of para-hydroxylation sites is 1. The molecule has 1 aromatic carbocycles. The zero-order valence-electron chi connectivity index (χ0n) is 17.1. The Morgan fingerprint density at radius 2 is 2.06 bits per heavy atom. The third kappa shape index (κ3) is 3.29. The Labute approximate surface area is 182 Å². The molecule has 0 aliphatic carbocycles. The maximum absolute atomic E-state index is 13.8. The number of aryl methyl sites for hydroxylation is 1. The van der Waals surface area contributed by atoms with Crippen molar-refractivity contribution >= 4 is 39.9 Å². The number of esters is 1. The van der Waals surface area contributed by atoms with E-state index in [4.69, 9.17) is 4.74 Å². The number of nitrogens with zero attached hydrogens (tertiary/aromatic N) is 4. The lowest BCUT2D eigenvalue weighted by Gasteiger charge is -2.24. The van der Waals surface area contributed by atoms with Gasteiger partial charge in [-0.3, -0.25) is 9.69 Å². The highest BCUT2D eigenvalue weighted by Crippen LogP contribution is 2.35. The van der Waals surface area contributed by atoms with Crippen LogP contribution in [0.15, 0.2) is 54.0 Å². The first-order chi connectivity index (χ1) is 15.1. The van der Waals surface area contributed by atoms with Crippen molar-refractivity contribution in [1.82, 2.24) is 14.8 Å². The molecule has 4 aromatic rings. The van der Waals surface area contributed by atoms with Gasteiger partial charge in [-0.25, -0.2) is 14.5 Å². The Hall–Kier alpha value is -3.52. The fourth-order valence-corrected chi connectivity index (χ4v) is 4.79. The minimum atomic E-state index is -0.695. The summed E-state index contributed by atoms with van der Waals surface area (Å²) in [5, 5.41) is 7.18. The Kier molecular flexibility index (Phi) is 4.78. The number of ether oxygens (including phenoxy) is 1. The lowest BCUT2D eigenvalue weighted by molar-refractivity contribution is -0.141. The number of anilines is 1. The monoisotopic (exact) mass is 432 g/mol. The molecule has 1 amide bonds. The number of fused-ring (bicyclic) bond motifs is 2. The molecule has 0 radical (unpaired) electrons. The van der Waals surface area contributed by atoms with Crippen LogP contribution in [0, 0.1) is 6.92 Å².